The lowest BCUT2D eigenvalue weighted by Gasteiger charge is -2.32. The third-order valence-electron chi connectivity index (χ3n) is 3.28. The minimum absolute atomic E-state index is 0.158. The number of likely N-dealkylation sites (N-methyl/N-ethyl adjacent to an activating group) is 1. The second-order valence-corrected chi connectivity index (χ2v) is 7.23. The molecule has 1 rings (SSSR count). The van der Waals surface area contributed by atoms with Gasteiger partial charge in [-0.25, -0.2) is 8.42 Å². The number of ether oxygens (including phenoxy) is 2. The molecule has 0 bridgehead atoms. The fourth-order valence-corrected chi connectivity index (χ4v) is 3.04. The molecular weight excluding hydrogens is 294 g/mol. The van der Waals surface area contributed by atoms with E-state index in [1.54, 1.807) is 33.1 Å². The number of hydrogen-bond acceptors (Lipinski definition) is 5. The van der Waals surface area contributed by atoms with Crippen LogP contribution in [0.4, 0.5) is 0 Å². The van der Waals surface area contributed by atoms with Crippen molar-refractivity contribution in [3.8, 4) is 5.75 Å². The molecule has 7 heteroatoms. The van der Waals surface area contributed by atoms with Crippen molar-refractivity contribution in [2.75, 3.05) is 34.0 Å². The molecule has 0 saturated heterocycles. The van der Waals surface area contributed by atoms with E-state index in [9.17, 15) is 13.5 Å². The minimum atomic E-state index is -3.66. The van der Waals surface area contributed by atoms with E-state index >= 15 is 0 Å². The van der Waals surface area contributed by atoms with Crippen LogP contribution in [0.3, 0.4) is 0 Å². The van der Waals surface area contributed by atoms with Crippen LogP contribution in [0.1, 0.15) is 13.8 Å². The molecule has 0 aromatic heterocycles. The molecule has 0 aliphatic carbocycles. The van der Waals surface area contributed by atoms with Crippen LogP contribution in [0.5, 0.6) is 5.75 Å². The zero-order valence-electron chi connectivity index (χ0n) is 12.9. The Balaban J connectivity index is 2.90. The third-order valence-corrected chi connectivity index (χ3v) is 5.36. The SMILES string of the molecule is COCCOc1ccc(S(=O)(=O)N(C)C(C)(C)CO)cc1. The van der Waals surface area contributed by atoms with Gasteiger partial charge in [-0.05, 0) is 38.1 Å². The molecule has 0 radical (unpaired) electrons. The summed E-state index contributed by atoms with van der Waals surface area (Å²) in [6.07, 6.45) is 0. The highest BCUT2D eigenvalue weighted by Gasteiger charge is 2.33. The van der Waals surface area contributed by atoms with Gasteiger partial charge in [0.05, 0.1) is 23.6 Å². The van der Waals surface area contributed by atoms with E-state index in [4.69, 9.17) is 9.47 Å². The number of rotatable bonds is 8. The average molecular weight is 317 g/mol. The molecule has 0 aliphatic heterocycles. The third kappa shape index (κ3) is 4.41. The van der Waals surface area contributed by atoms with Gasteiger partial charge in [0.1, 0.15) is 12.4 Å². The highest BCUT2D eigenvalue weighted by molar-refractivity contribution is 7.89. The first-order valence-corrected chi connectivity index (χ1v) is 8.01. The van der Waals surface area contributed by atoms with Crippen LogP contribution in [0.15, 0.2) is 29.2 Å². The molecule has 0 heterocycles. The Morgan fingerprint density at radius 3 is 2.24 bits per heavy atom. The smallest absolute Gasteiger partial charge is 0.243 e. The molecule has 0 spiro atoms. The number of aliphatic hydroxyl groups excluding tert-OH is 1. The highest BCUT2D eigenvalue weighted by atomic mass is 32.2. The molecule has 0 atom stereocenters. The van der Waals surface area contributed by atoms with Gasteiger partial charge < -0.3 is 14.6 Å². The summed E-state index contributed by atoms with van der Waals surface area (Å²) in [6.45, 7) is 3.92. The first-order valence-electron chi connectivity index (χ1n) is 6.57. The minimum Gasteiger partial charge on any atom is -0.491 e. The van der Waals surface area contributed by atoms with Crippen LogP contribution in [-0.4, -0.2) is 57.3 Å². The van der Waals surface area contributed by atoms with Crippen LogP contribution in [0.25, 0.3) is 0 Å². The van der Waals surface area contributed by atoms with Gasteiger partial charge in [-0.1, -0.05) is 0 Å². The fourth-order valence-electron chi connectivity index (χ4n) is 1.53. The zero-order chi connectivity index (χ0) is 16.1. The fraction of sp³-hybridized carbons (Fsp3) is 0.571. The second kappa shape index (κ2) is 7.22. The quantitative estimate of drug-likeness (QED) is 0.727. The lowest BCUT2D eigenvalue weighted by molar-refractivity contribution is 0.138. The number of methoxy groups -OCH3 is 1. The van der Waals surface area contributed by atoms with E-state index in [1.165, 1.54) is 23.5 Å². The van der Waals surface area contributed by atoms with Crippen molar-refractivity contribution < 1.29 is 23.0 Å². The van der Waals surface area contributed by atoms with Gasteiger partial charge in [0.15, 0.2) is 0 Å². The predicted octanol–water partition coefficient (Wildman–Crippen LogP) is 1.10. The summed E-state index contributed by atoms with van der Waals surface area (Å²) in [4.78, 5) is 0.158. The zero-order valence-corrected chi connectivity index (χ0v) is 13.7. The average Bonchev–Trinajstić information content (AvgIpc) is 2.47. The molecule has 1 aromatic rings. The maximum atomic E-state index is 12.5. The molecule has 0 amide bonds. The van der Waals surface area contributed by atoms with Crippen LogP contribution < -0.4 is 4.74 Å². The number of sulfonamides is 1. The van der Waals surface area contributed by atoms with E-state index < -0.39 is 15.6 Å². The van der Waals surface area contributed by atoms with E-state index in [1.807, 2.05) is 0 Å². The van der Waals surface area contributed by atoms with Crippen molar-refractivity contribution in [1.29, 1.82) is 0 Å². The monoisotopic (exact) mass is 317 g/mol. The molecule has 21 heavy (non-hydrogen) atoms. The summed E-state index contributed by atoms with van der Waals surface area (Å²) in [6, 6.07) is 6.17. The van der Waals surface area contributed by atoms with Crippen molar-refractivity contribution in [3.63, 3.8) is 0 Å². The van der Waals surface area contributed by atoms with E-state index in [-0.39, 0.29) is 11.5 Å². The van der Waals surface area contributed by atoms with Crippen molar-refractivity contribution in [3.05, 3.63) is 24.3 Å². The van der Waals surface area contributed by atoms with Crippen LogP contribution in [0, 0.1) is 0 Å². The summed E-state index contributed by atoms with van der Waals surface area (Å²) >= 11 is 0. The summed E-state index contributed by atoms with van der Waals surface area (Å²) in [5, 5.41) is 9.30. The second-order valence-electron chi connectivity index (χ2n) is 5.26. The normalized spacial score (nSPS) is 12.7. The molecule has 0 fully saturated rings. The number of benzene rings is 1. The molecule has 0 saturated carbocycles. The maximum absolute atomic E-state index is 12.5. The Hall–Kier alpha value is -1.15. The van der Waals surface area contributed by atoms with Gasteiger partial charge in [-0.2, -0.15) is 4.31 Å². The Bertz CT molecular complexity index is 539. The largest absolute Gasteiger partial charge is 0.491 e. The van der Waals surface area contributed by atoms with Gasteiger partial charge in [0, 0.05) is 14.2 Å². The lowest BCUT2D eigenvalue weighted by Crippen LogP contribution is -2.47. The van der Waals surface area contributed by atoms with Gasteiger partial charge >= 0.3 is 0 Å². The van der Waals surface area contributed by atoms with Gasteiger partial charge in [-0.3, -0.25) is 0 Å². The van der Waals surface area contributed by atoms with E-state index in [0.29, 0.717) is 19.0 Å². The maximum Gasteiger partial charge on any atom is 0.243 e. The van der Waals surface area contributed by atoms with Crippen LogP contribution >= 0.6 is 0 Å². The van der Waals surface area contributed by atoms with Gasteiger partial charge in [0.2, 0.25) is 10.0 Å². The summed E-state index contributed by atoms with van der Waals surface area (Å²) in [5.74, 6) is 0.579. The Morgan fingerprint density at radius 1 is 1.19 bits per heavy atom. The summed E-state index contributed by atoms with van der Waals surface area (Å²) in [7, 11) is -0.624. The Kier molecular flexibility index (Phi) is 6.15. The standard InChI is InChI=1S/C14H23NO5S/c1-14(2,11-16)15(3)21(17,18)13-7-5-12(6-8-13)20-10-9-19-4/h5-8,16H,9-11H2,1-4H3. The van der Waals surface area contributed by atoms with Crippen LogP contribution in [0.2, 0.25) is 0 Å². The van der Waals surface area contributed by atoms with E-state index in [2.05, 4.69) is 0 Å². The van der Waals surface area contributed by atoms with E-state index in [0.717, 1.165) is 0 Å². The van der Waals surface area contributed by atoms with Crippen molar-refractivity contribution in [2.24, 2.45) is 0 Å². The molecule has 0 aliphatic rings. The highest BCUT2D eigenvalue weighted by Crippen LogP contribution is 2.24. The Morgan fingerprint density at radius 2 is 1.76 bits per heavy atom. The molecular formula is C14H23NO5S. The van der Waals surface area contributed by atoms with Gasteiger partial charge in [0.25, 0.3) is 0 Å². The lowest BCUT2D eigenvalue weighted by atomic mass is 10.1. The number of aliphatic hydroxyl groups is 1. The topological polar surface area (TPSA) is 76.1 Å². The van der Waals surface area contributed by atoms with Crippen molar-refractivity contribution in [2.45, 2.75) is 24.3 Å². The van der Waals surface area contributed by atoms with Crippen LogP contribution in [-0.2, 0) is 14.8 Å². The Labute approximate surface area is 126 Å². The number of hydrogen-bond donors (Lipinski definition) is 1. The number of nitrogens with zero attached hydrogens (tertiary/aromatic N) is 1. The molecule has 0 unspecified atom stereocenters. The van der Waals surface area contributed by atoms with Gasteiger partial charge in [-0.15, -0.1) is 0 Å². The summed E-state index contributed by atoms with van der Waals surface area (Å²) in [5.41, 5.74) is -0.869. The molecule has 1 N–H and O–H groups in total. The van der Waals surface area contributed by atoms with Crippen molar-refractivity contribution in [1.82, 2.24) is 4.31 Å². The molecule has 120 valence electrons. The first kappa shape index (κ1) is 17.9. The molecule has 6 nitrogen and oxygen atoms in total. The molecule has 1 aromatic carbocycles. The van der Waals surface area contributed by atoms with Crippen molar-refractivity contribution >= 4 is 10.0 Å². The summed E-state index contributed by atoms with van der Waals surface area (Å²) < 4.78 is 36.4. The first-order chi connectivity index (χ1) is 9.75. The predicted molar refractivity (Wildman–Crippen MR) is 79.9 cm³/mol.